The largest absolute Gasteiger partial charge is 0.339 e. The molecule has 2 amide bonds. The highest BCUT2D eigenvalue weighted by Crippen LogP contribution is 2.39. The number of nitrogens with zero attached hydrogens (tertiary/aromatic N) is 3. The van der Waals surface area contributed by atoms with Crippen molar-refractivity contribution in [1.82, 2.24) is 14.8 Å². The molecule has 0 bridgehead atoms. The van der Waals surface area contributed by atoms with Crippen molar-refractivity contribution in [3.05, 3.63) is 36.2 Å². The first kappa shape index (κ1) is 14.8. The molecular weight excluding hydrogens is 278 g/mol. The summed E-state index contributed by atoms with van der Waals surface area (Å²) in [6.45, 7) is 4.64. The summed E-state index contributed by atoms with van der Waals surface area (Å²) in [6, 6.07) is 3.75. The molecule has 2 unspecified atom stereocenters. The Bertz CT molecular complexity index is 577. The SMILES string of the molecule is CC1CC1C(=O)N1CCN(C(=O)/C=C/c2cccnc2)CC1. The van der Waals surface area contributed by atoms with Crippen LogP contribution in [0, 0.1) is 11.8 Å². The number of hydrogen-bond donors (Lipinski definition) is 0. The van der Waals surface area contributed by atoms with Gasteiger partial charge in [0.05, 0.1) is 0 Å². The molecule has 0 N–H and O–H groups in total. The van der Waals surface area contributed by atoms with Crippen LogP contribution in [0.2, 0.25) is 0 Å². The van der Waals surface area contributed by atoms with Gasteiger partial charge in [0, 0.05) is 50.6 Å². The summed E-state index contributed by atoms with van der Waals surface area (Å²) in [4.78, 5) is 32.0. The molecule has 22 heavy (non-hydrogen) atoms. The number of pyridine rings is 1. The zero-order valence-corrected chi connectivity index (χ0v) is 12.8. The molecule has 1 saturated heterocycles. The Morgan fingerprint density at radius 1 is 1.23 bits per heavy atom. The Labute approximate surface area is 130 Å². The quantitative estimate of drug-likeness (QED) is 0.793. The van der Waals surface area contributed by atoms with Crippen molar-refractivity contribution in [3.63, 3.8) is 0 Å². The summed E-state index contributed by atoms with van der Waals surface area (Å²) in [7, 11) is 0. The van der Waals surface area contributed by atoms with E-state index in [0.717, 1.165) is 12.0 Å². The van der Waals surface area contributed by atoms with Gasteiger partial charge in [0.2, 0.25) is 11.8 Å². The Morgan fingerprint density at radius 2 is 1.91 bits per heavy atom. The lowest BCUT2D eigenvalue weighted by Crippen LogP contribution is -2.50. The Hall–Kier alpha value is -2.17. The summed E-state index contributed by atoms with van der Waals surface area (Å²) < 4.78 is 0. The maximum absolute atomic E-state index is 12.2. The van der Waals surface area contributed by atoms with Crippen molar-refractivity contribution >= 4 is 17.9 Å². The molecule has 1 aliphatic carbocycles. The molecule has 2 aliphatic rings. The maximum atomic E-state index is 12.2. The monoisotopic (exact) mass is 299 g/mol. The van der Waals surface area contributed by atoms with Gasteiger partial charge < -0.3 is 9.80 Å². The maximum Gasteiger partial charge on any atom is 0.246 e. The van der Waals surface area contributed by atoms with Gasteiger partial charge in [-0.05, 0) is 30.0 Å². The number of carbonyl (C=O) groups is 2. The van der Waals surface area contributed by atoms with E-state index in [1.54, 1.807) is 29.4 Å². The van der Waals surface area contributed by atoms with E-state index in [2.05, 4.69) is 11.9 Å². The zero-order chi connectivity index (χ0) is 15.5. The fourth-order valence-electron chi connectivity index (χ4n) is 2.80. The fraction of sp³-hybridized carbons (Fsp3) is 0.471. The zero-order valence-electron chi connectivity index (χ0n) is 12.8. The van der Waals surface area contributed by atoms with Gasteiger partial charge in [0.25, 0.3) is 0 Å². The van der Waals surface area contributed by atoms with Gasteiger partial charge in [0.1, 0.15) is 0 Å². The standard InChI is InChI=1S/C17H21N3O2/c1-13-11-15(13)17(22)20-9-7-19(8-10-20)16(21)5-4-14-3-2-6-18-12-14/h2-6,12-13,15H,7-11H2,1H3/b5-4+. The lowest BCUT2D eigenvalue weighted by Gasteiger charge is -2.34. The van der Waals surface area contributed by atoms with Crippen LogP contribution in [0.1, 0.15) is 18.9 Å². The minimum Gasteiger partial charge on any atom is -0.339 e. The number of hydrogen-bond acceptors (Lipinski definition) is 3. The Balaban J connectivity index is 1.49. The van der Waals surface area contributed by atoms with E-state index < -0.39 is 0 Å². The first-order chi connectivity index (χ1) is 10.6. The van der Waals surface area contributed by atoms with Crippen molar-refractivity contribution in [2.75, 3.05) is 26.2 Å². The van der Waals surface area contributed by atoms with E-state index in [0.29, 0.717) is 32.1 Å². The van der Waals surface area contributed by atoms with E-state index >= 15 is 0 Å². The van der Waals surface area contributed by atoms with Crippen molar-refractivity contribution in [2.24, 2.45) is 11.8 Å². The molecule has 0 radical (unpaired) electrons. The summed E-state index contributed by atoms with van der Waals surface area (Å²) in [5.74, 6) is 1.03. The molecule has 2 heterocycles. The van der Waals surface area contributed by atoms with Gasteiger partial charge in [-0.1, -0.05) is 13.0 Å². The van der Waals surface area contributed by atoms with Gasteiger partial charge >= 0.3 is 0 Å². The average molecular weight is 299 g/mol. The Morgan fingerprint density at radius 3 is 2.50 bits per heavy atom. The number of piperazine rings is 1. The predicted molar refractivity (Wildman–Crippen MR) is 83.7 cm³/mol. The van der Waals surface area contributed by atoms with Crippen LogP contribution in [0.25, 0.3) is 6.08 Å². The highest BCUT2D eigenvalue weighted by atomic mass is 16.2. The minimum atomic E-state index is -0.00394. The second-order valence-electron chi connectivity index (χ2n) is 6.09. The van der Waals surface area contributed by atoms with E-state index in [4.69, 9.17) is 0 Å². The first-order valence-electron chi connectivity index (χ1n) is 7.81. The van der Waals surface area contributed by atoms with Crippen molar-refractivity contribution in [1.29, 1.82) is 0 Å². The lowest BCUT2D eigenvalue weighted by atomic mass is 10.2. The minimum absolute atomic E-state index is 0.00394. The van der Waals surface area contributed by atoms with Crippen molar-refractivity contribution in [3.8, 4) is 0 Å². The van der Waals surface area contributed by atoms with Crippen molar-refractivity contribution < 1.29 is 9.59 Å². The summed E-state index contributed by atoms with van der Waals surface area (Å²) >= 11 is 0. The van der Waals surface area contributed by atoms with E-state index in [1.807, 2.05) is 17.0 Å². The van der Waals surface area contributed by atoms with Gasteiger partial charge in [-0.15, -0.1) is 0 Å². The summed E-state index contributed by atoms with van der Waals surface area (Å²) in [5.41, 5.74) is 0.910. The molecule has 0 spiro atoms. The molecule has 2 fully saturated rings. The molecule has 1 aliphatic heterocycles. The molecule has 0 aromatic carbocycles. The summed E-state index contributed by atoms with van der Waals surface area (Å²) in [6.07, 6.45) is 7.80. The third kappa shape index (κ3) is 3.35. The van der Waals surface area contributed by atoms with Crippen LogP contribution in [0.3, 0.4) is 0 Å². The Kier molecular flexibility index (Phi) is 4.22. The first-order valence-corrected chi connectivity index (χ1v) is 7.81. The molecule has 1 aromatic rings. The van der Waals surface area contributed by atoms with Crippen LogP contribution < -0.4 is 0 Å². The average Bonchev–Trinajstić information content (AvgIpc) is 3.30. The molecular formula is C17H21N3O2. The van der Waals surface area contributed by atoms with Crippen LogP contribution in [0.5, 0.6) is 0 Å². The molecule has 1 saturated carbocycles. The van der Waals surface area contributed by atoms with Crippen LogP contribution in [-0.4, -0.2) is 52.8 Å². The predicted octanol–water partition coefficient (Wildman–Crippen LogP) is 1.42. The number of carbonyl (C=O) groups excluding carboxylic acids is 2. The van der Waals surface area contributed by atoms with Crippen LogP contribution in [-0.2, 0) is 9.59 Å². The topological polar surface area (TPSA) is 53.5 Å². The lowest BCUT2D eigenvalue weighted by molar-refractivity contribution is -0.138. The second-order valence-corrected chi connectivity index (χ2v) is 6.09. The van der Waals surface area contributed by atoms with Crippen LogP contribution in [0.15, 0.2) is 30.6 Å². The summed E-state index contributed by atoms with van der Waals surface area (Å²) in [5, 5.41) is 0. The molecule has 116 valence electrons. The third-order valence-electron chi connectivity index (χ3n) is 4.43. The fourth-order valence-corrected chi connectivity index (χ4v) is 2.80. The van der Waals surface area contributed by atoms with Gasteiger partial charge in [-0.3, -0.25) is 14.6 Å². The van der Waals surface area contributed by atoms with E-state index in [9.17, 15) is 9.59 Å². The highest BCUT2D eigenvalue weighted by Gasteiger charge is 2.42. The van der Waals surface area contributed by atoms with Crippen molar-refractivity contribution in [2.45, 2.75) is 13.3 Å². The van der Waals surface area contributed by atoms with Crippen LogP contribution >= 0.6 is 0 Å². The third-order valence-corrected chi connectivity index (χ3v) is 4.43. The van der Waals surface area contributed by atoms with Gasteiger partial charge in [0.15, 0.2) is 0 Å². The highest BCUT2D eigenvalue weighted by molar-refractivity contribution is 5.92. The smallest absolute Gasteiger partial charge is 0.246 e. The van der Waals surface area contributed by atoms with Gasteiger partial charge in [-0.2, -0.15) is 0 Å². The molecule has 1 aromatic heterocycles. The number of amides is 2. The van der Waals surface area contributed by atoms with Crippen LogP contribution in [0.4, 0.5) is 0 Å². The normalized spacial score (nSPS) is 24.6. The number of rotatable bonds is 3. The molecule has 5 heteroatoms. The van der Waals surface area contributed by atoms with Gasteiger partial charge in [-0.25, -0.2) is 0 Å². The van der Waals surface area contributed by atoms with E-state index in [-0.39, 0.29) is 17.7 Å². The second kappa shape index (κ2) is 6.30. The molecule has 3 rings (SSSR count). The number of aromatic nitrogens is 1. The molecule has 2 atom stereocenters. The van der Waals surface area contributed by atoms with E-state index in [1.165, 1.54) is 0 Å². The molecule has 5 nitrogen and oxygen atoms in total.